The minimum absolute atomic E-state index is 0. The SMILES string of the molecule is Cl.Cn1c(N2CCC3(CCC[C@H]3N)CC2)ncc(Sc2ccn3nccc3c2)c1=O. The normalized spacial score (nSPS) is 20.6. The molecule has 0 unspecified atom stereocenters. The molecule has 1 aliphatic carbocycles. The molecule has 0 aromatic carbocycles. The third kappa shape index (κ3) is 3.61. The van der Waals surface area contributed by atoms with Crippen molar-refractivity contribution in [1.29, 1.82) is 0 Å². The highest BCUT2D eigenvalue weighted by Crippen LogP contribution is 2.45. The smallest absolute Gasteiger partial charge is 0.268 e. The second-order valence-electron chi connectivity index (χ2n) is 8.30. The zero-order valence-electron chi connectivity index (χ0n) is 17.0. The molecule has 0 radical (unpaired) electrons. The molecule has 4 heterocycles. The Bertz CT molecular complexity index is 1100. The van der Waals surface area contributed by atoms with Crippen LogP contribution in [0, 0.1) is 5.41 Å². The van der Waals surface area contributed by atoms with Crippen molar-refractivity contribution in [1.82, 2.24) is 19.2 Å². The standard InChI is InChI=1S/C21H26N6OS.ClH/c1-25-19(28)17(29-16-5-10-27-15(13-16)4-9-24-27)14-23-20(25)26-11-7-21(8-12-26)6-2-3-18(21)22;/h4-5,9-10,13-14,18H,2-3,6-8,11-12,22H2,1H3;1H/t18-;/m1./s1. The number of piperidine rings is 1. The van der Waals surface area contributed by atoms with Crippen molar-refractivity contribution in [3.05, 3.63) is 47.1 Å². The van der Waals surface area contributed by atoms with E-state index in [1.807, 2.05) is 36.0 Å². The van der Waals surface area contributed by atoms with Gasteiger partial charge in [-0.2, -0.15) is 5.10 Å². The van der Waals surface area contributed by atoms with Crippen molar-refractivity contribution >= 4 is 35.6 Å². The highest BCUT2D eigenvalue weighted by atomic mass is 35.5. The van der Waals surface area contributed by atoms with Crippen LogP contribution in [0.2, 0.25) is 0 Å². The van der Waals surface area contributed by atoms with Gasteiger partial charge in [0.1, 0.15) is 0 Å². The summed E-state index contributed by atoms with van der Waals surface area (Å²) < 4.78 is 3.50. The lowest BCUT2D eigenvalue weighted by molar-refractivity contribution is 0.196. The van der Waals surface area contributed by atoms with Gasteiger partial charge < -0.3 is 10.6 Å². The van der Waals surface area contributed by atoms with E-state index in [0.29, 0.717) is 16.4 Å². The molecule has 0 amide bonds. The van der Waals surface area contributed by atoms with Gasteiger partial charge in [-0.05, 0) is 49.3 Å². The molecule has 1 saturated carbocycles. The van der Waals surface area contributed by atoms with Crippen molar-refractivity contribution in [2.24, 2.45) is 18.2 Å². The van der Waals surface area contributed by atoms with Crippen LogP contribution in [0.5, 0.6) is 0 Å². The Labute approximate surface area is 186 Å². The molecular formula is C21H27ClN6OS. The molecule has 2 aliphatic rings. The van der Waals surface area contributed by atoms with E-state index in [0.717, 1.165) is 48.7 Å². The lowest BCUT2D eigenvalue weighted by atomic mass is 9.74. The van der Waals surface area contributed by atoms with Gasteiger partial charge in [0.05, 0.1) is 16.6 Å². The summed E-state index contributed by atoms with van der Waals surface area (Å²) in [6.07, 6.45) is 11.2. The van der Waals surface area contributed by atoms with E-state index in [1.165, 1.54) is 24.6 Å². The van der Waals surface area contributed by atoms with Gasteiger partial charge in [-0.15, -0.1) is 12.4 Å². The first-order valence-electron chi connectivity index (χ1n) is 10.2. The van der Waals surface area contributed by atoms with Crippen LogP contribution < -0.4 is 16.2 Å². The lowest BCUT2D eigenvalue weighted by Crippen LogP contribution is -2.48. The Balaban J connectivity index is 0.00000218. The molecular weight excluding hydrogens is 420 g/mol. The average molecular weight is 447 g/mol. The Morgan fingerprint density at radius 2 is 2.03 bits per heavy atom. The second kappa shape index (κ2) is 8.24. The quantitative estimate of drug-likeness (QED) is 0.665. The van der Waals surface area contributed by atoms with E-state index in [9.17, 15) is 4.79 Å². The van der Waals surface area contributed by atoms with E-state index in [-0.39, 0.29) is 18.0 Å². The summed E-state index contributed by atoms with van der Waals surface area (Å²) in [5.74, 6) is 0.756. The van der Waals surface area contributed by atoms with Crippen molar-refractivity contribution in [2.45, 2.75) is 47.9 Å². The maximum atomic E-state index is 13.0. The molecule has 1 atom stereocenters. The predicted molar refractivity (Wildman–Crippen MR) is 122 cm³/mol. The summed E-state index contributed by atoms with van der Waals surface area (Å²) in [6.45, 7) is 1.83. The van der Waals surface area contributed by atoms with Gasteiger partial charge in [0.25, 0.3) is 5.56 Å². The number of pyridine rings is 1. The second-order valence-corrected chi connectivity index (χ2v) is 9.42. The maximum absolute atomic E-state index is 13.0. The molecule has 5 rings (SSSR count). The number of nitrogens with two attached hydrogens (primary N) is 1. The molecule has 2 fully saturated rings. The summed E-state index contributed by atoms with van der Waals surface area (Å²) >= 11 is 1.45. The van der Waals surface area contributed by atoms with Gasteiger partial charge >= 0.3 is 0 Å². The average Bonchev–Trinajstić information content (AvgIpc) is 3.33. The Morgan fingerprint density at radius 1 is 1.23 bits per heavy atom. The first-order chi connectivity index (χ1) is 14.1. The maximum Gasteiger partial charge on any atom is 0.268 e. The van der Waals surface area contributed by atoms with Crippen LogP contribution in [0.1, 0.15) is 32.1 Å². The van der Waals surface area contributed by atoms with Crippen molar-refractivity contribution < 1.29 is 0 Å². The number of nitrogens with zero attached hydrogens (tertiary/aromatic N) is 5. The number of halogens is 1. The van der Waals surface area contributed by atoms with Crippen LogP contribution in [0.15, 0.2) is 51.4 Å². The third-order valence-electron chi connectivity index (χ3n) is 6.73. The molecule has 0 bridgehead atoms. The van der Waals surface area contributed by atoms with Gasteiger partial charge in [0, 0.05) is 43.5 Å². The molecule has 1 aliphatic heterocycles. The van der Waals surface area contributed by atoms with Crippen LogP contribution >= 0.6 is 24.2 Å². The first kappa shape index (κ1) is 21.2. The van der Waals surface area contributed by atoms with Gasteiger partial charge in [0.2, 0.25) is 5.95 Å². The van der Waals surface area contributed by atoms with Gasteiger partial charge in [-0.1, -0.05) is 18.2 Å². The van der Waals surface area contributed by atoms with Crippen molar-refractivity contribution in [3.8, 4) is 0 Å². The summed E-state index contributed by atoms with van der Waals surface area (Å²) in [7, 11) is 1.82. The molecule has 1 saturated heterocycles. The zero-order valence-corrected chi connectivity index (χ0v) is 18.7. The number of rotatable bonds is 3. The third-order valence-corrected chi connectivity index (χ3v) is 7.72. The number of aromatic nitrogens is 4. The fraction of sp³-hybridized carbons (Fsp3) is 0.476. The van der Waals surface area contributed by atoms with Crippen LogP contribution in [0.4, 0.5) is 5.95 Å². The van der Waals surface area contributed by atoms with E-state index < -0.39 is 0 Å². The van der Waals surface area contributed by atoms with Crippen LogP contribution in [-0.4, -0.2) is 38.3 Å². The number of fused-ring (bicyclic) bond motifs is 1. The molecule has 3 aromatic heterocycles. The van der Waals surface area contributed by atoms with E-state index in [4.69, 9.17) is 5.73 Å². The molecule has 30 heavy (non-hydrogen) atoms. The van der Waals surface area contributed by atoms with Gasteiger partial charge in [-0.25, -0.2) is 9.50 Å². The van der Waals surface area contributed by atoms with E-state index in [1.54, 1.807) is 17.0 Å². The monoisotopic (exact) mass is 446 g/mol. The number of anilines is 1. The van der Waals surface area contributed by atoms with Crippen LogP contribution in [0.3, 0.4) is 0 Å². The Morgan fingerprint density at radius 3 is 2.77 bits per heavy atom. The van der Waals surface area contributed by atoms with Crippen LogP contribution in [0.25, 0.3) is 5.52 Å². The fourth-order valence-corrected chi connectivity index (χ4v) is 5.80. The summed E-state index contributed by atoms with van der Waals surface area (Å²) in [6, 6.07) is 6.27. The molecule has 9 heteroatoms. The van der Waals surface area contributed by atoms with Crippen molar-refractivity contribution in [2.75, 3.05) is 18.0 Å². The Kier molecular flexibility index (Phi) is 5.83. The molecule has 160 valence electrons. The van der Waals surface area contributed by atoms with Crippen LogP contribution in [-0.2, 0) is 7.05 Å². The molecule has 2 N–H and O–H groups in total. The fourth-order valence-electron chi connectivity index (χ4n) is 4.91. The summed E-state index contributed by atoms with van der Waals surface area (Å²) in [5, 5.41) is 4.21. The number of hydrogen-bond donors (Lipinski definition) is 1. The summed E-state index contributed by atoms with van der Waals surface area (Å²) in [4.78, 5) is 21.5. The zero-order chi connectivity index (χ0) is 20.0. The Hall–Kier alpha value is -2.03. The number of hydrogen-bond acceptors (Lipinski definition) is 6. The van der Waals surface area contributed by atoms with E-state index in [2.05, 4.69) is 15.0 Å². The van der Waals surface area contributed by atoms with Gasteiger partial charge in [-0.3, -0.25) is 9.36 Å². The molecule has 1 spiro atoms. The summed E-state index contributed by atoms with van der Waals surface area (Å²) in [5.41, 5.74) is 7.70. The molecule has 3 aromatic rings. The first-order valence-corrected chi connectivity index (χ1v) is 11.1. The van der Waals surface area contributed by atoms with Crippen molar-refractivity contribution in [3.63, 3.8) is 0 Å². The van der Waals surface area contributed by atoms with E-state index >= 15 is 0 Å². The minimum Gasteiger partial charge on any atom is -0.342 e. The highest BCUT2D eigenvalue weighted by molar-refractivity contribution is 7.99. The highest BCUT2D eigenvalue weighted by Gasteiger charge is 2.43. The minimum atomic E-state index is -0.00812. The van der Waals surface area contributed by atoms with Gasteiger partial charge in [0.15, 0.2) is 0 Å². The molecule has 7 nitrogen and oxygen atoms in total. The lowest BCUT2D eigenvalue weighted by Gasteiger charge is -2.42. The largest absolute Gasteiger partial charge is 0.342 e. The predicted octanol–water partition coefficient (Wildman–Crippen LogP) is 3.10. The topological polar surface area (TPSA) is 81.4 Å².